The lowest BCUT2D eigenvalue weighted by atomic mass is 10.3. The summed E-state index contributed by atoms with van der Waals surface area (Å²) in [5, 5.41) is 0. The summed E-state index contributed by atoms with van der Waals surface area (Å²) in [4.78, 5) is 21.3. The predicted molar refractivity (Wildman–Crippen MR) is 52.6 cm³/mol. The fraction of sp³-hybridized carbons (Fsp3) is 0.750. The molecule has 0 amide bonds. The van der Waals surface area contributed by atoms with Gasteiger partial charge in [0.25, 0.3) is 0 Å². The highest BCUT2D eigenvalue weighted by atomic mass is 35.5. The van der Waals surface area contributed by atoms with E-state index in [2.05, 4.69) is 4.74 Å². The minimum Gasteiger partial charge on any atom is -0.465 e. The van der Waals surface area contributed by atoms with Crippen molar-refractivity contribution in [2.24, 2.45) is 0 Å². The van der Waals surface area contributed by atoms with Gasteiger partial charge in [-0.25, -0.2) is 0 Å². The maximum absolute atomic E-state index is 10.7. The Hall–Kier alpha value is -0.480. The van der Waals surface area contributed by atoms with Gasteiger partial charge >= 0.3 is 11.9 Å². The van der Waals surface area contributed by atoms with Gasteiger partial charge < -0.3 is 9.47 Å². The number of ether oxygens (including phenoxy) is 2. The molecule has 4 nitrogen and oxygen atoms in total. The third kappa shape index (κ3) is 6.97. The van der Waals surface area contributed by atoms with Crippen LogP contribution >= 0.6 is 23.2 Å². The smallest absolute Gasteiger partial charge is 0.321 e. The molecular weight excluding hydrogens is 231 g/mol. The van der Waals surface area contributed by atoms with Crippen molar-refractivity contribution < 1.29 is 19.1 Å². The zero-order valence-electron chi connectivity index (χ0n) is 7.79. The van der Waals surface area contributed by atoms with Crippen molar-refractivity contribution in [1.29, 1.82) is 0 Å². The van der Waals surface area contributed by atoms with E-state index in [1.165, 1.54) is 0 Å². The first-order valence-electron chi connectivity index (χ1n) is 4.07. The molecule has 0 unspecified atom stereocenters. The first-order chi connectivity index (χ1) is 6.60. The summed E-state index contributed by atoms with van der Waals surface area (Å²) >= 11 is 10.4. The summed E-state index contributed by atoms with van der Waals surface area (Å²) in [5.41, 5.74) is 0. The minimum absolute atomic E-state index is 0.171. The summed E-state index contributed by atoms with van der Waals surface area (Å²) in [6.07, 6.45) is 0.120. The number of esters is 2. The summed E-state index contributed by atoms with van der Waals surface area (Å²) in [6, 6.07) is 0. The highest BCUT2D eigenvalue weighted by Crippen LogP contribution is 1.99. The molecule has 0 saturated heterocycles. The molecule has 0 radical (unpaired) electrons. The first kappa shape index (κ1) is 13.5. The maximum Gasteiger partial charge on any atom is 0.321 e. The van der Waals surface area contributed by atoms with Crippen molar-refractivity contribution in [3.8, 4) is 0 Å². The fourth-order valence-corrected chi connectivity index (χ4v) is 0.832. The van der Waals surface area contributed by atoms with E-state index in [9.17, 15) is 9.59 Å². The molecule has 0 aromatic rings. The second-order valence-electron chi connectivity index (χ2n) is 2.58. The molecule has 0 saturated carbocycles. The van der Waals surface area contributed by atoms with E-state index in [1.54, 1.807) is 6.92 Å². The molecule has 1 atom stereocenters. The summed E-state index contributed by atoms with van der Waals surface area (Å²) in [6.45, 7) is 1.88. The zero-order chi connectivity index (χ0) is 11.0. The van der Waals surface area contributed by atoms with Gasteiger partial charge in [-0.2, -0.15) is 0 Å². The van der Waals surface area contributed by atoms with Crippen molar-refractivity contribution >= 4 is 35.1 Å². The van der Waals surface area contributed by atoms with Crippen LogP contribution < -0.4 is 0 Å². The molecule has 0 heterocycles. The Morgan fingerprint density at radius 1 is 1.21 bits per heavy atom. The zero-order valence-corrected chi connectivity index (χ0v) is 9.31. The van der Waals surface area contributed by atoms with Crippen LogP contribution in [0.4, 0.5) is 0 Å². The molecule has 0 N–H and O–H groups in total. The predicted octanol–water partition coefficient (Wildman–Crippen LogP) is 1.33. The van der Waals surface area contributed by atoms with Gasteiger partial charge in [-0.1, -0.05) is 0 Å². The molecule has 6 heteroatoms. The number of alkyl halides is 2. The van der Waals surface area contributed by atoms with E-state index in [-0.39, 0.29) is 24.5 Å². The van der Waals surface area contributed by atoms with Crippen LogP contribution in [-0.2, 0) is 19.1 Å². The Kier molecular flexibility index (Phi) is 7.61. The molecular formula is C8H12Cl2O4. The Balaban J connectivity index is 3.49. The van der Waals surface area contributed by atoms with Crippen molar-refractivity contribution in [1.82, 2.24) is 0 Å². The van der Waals surface area contributed by atoms with Crippen molar-refractivity contribution in [2.75, 3.05) is 18.4 Å². The summed E-state index contributed by atoms with van der Waals surface area (Å²) in [5.74, 6) is -1.31. The van der Waals surface area contributed by atoms with Crippen LogP contribution in [0.25, 0.3) is 0 Å². The number of hydrogen-bond acceptors (Lipinski definition) is 4. The van der Waals surface area contributed by atoms with Gasteiger partial charge in [0.2, 0.25) is 0 Å². The monoisotopic (exact) mass is 242 g/mol. The Bertz CT molecular complexity index is 196. The number of hydrogen-bond donors (Lipinski definition) is 0. The third-order valence-electron chi connectivity index (χ3n) is 1.34. The van der Waals surface area contributed by atoms with Gasteiger partial charge in [0.05, 0.1) is 6.61 Å². The molecule has 0 aliphatic rings. The van der Waals surface area contributed by atoms with Gasteiger partial charge in [0, 0.05) is 6.42 Å². The van der Waals surface area contributed by atoms with Gasteiger partial charge in [-0.15, -0.1) is 23.2 Å². The molecule has 0 aliphatic heterocycles. The fourth-order valence-electron chi connectivity index (χ4n) is 0.692. The first-order valence-corrected chi connectivity index (χ1v) is 5.14. The topological polar surface area (TPSA) is 52.6 Å². The molecule has 0 aromatic heterocycles. The van der Waals surface area contributed by atoms with Crippen LogP contribution in [0.3, 0.4) is 0 Å². The molecule has 0 rings (SSSR count). The van der Waals surface area contributed by atoms with Crippen molar-refractivity contribution in [3.05, 3.63) is 0 Å². The van der Waals surface area contributed by atoms with Crippen molar-refractivity contribution in [3.63, 3.8) is 0 Å². The minimum atomic E-state index is -0.484. The molecule has 82 valence electrons. The van der Waals surface area contributed by atoms with Gasteiger partial charge in [-0.05, 0) is 6.92 Å². The Morgan fingerprint density at radius 2 is 1.79 bits per heavy atom. The largest absolute Gasteiger partial charge is 0.465 e. The van der Waals surface area contributed by atoms with Crippen LogP contribution in [0.15, 0.2) is 0 Å². The van der Waals surface area contributed by atoms with Crippen LogP contribution in [0.1, 0.15) is 13.3 Å². The van der Waals surface area contributed by atoms with Gasteiger partial charge in [-0.3, -0.25) is 9.59 Å². The lowest BCUT2D eigenvalue weighted by Gasteiger charge is -2.11. The van der Waals surface area contributed by atoms with Crippen molar-refractivity contribution in [2.45, 2.75) is 19.4 Å². The molecule has 14 heavy (non-hydrogen) atoms. The summed E-state index contributed by atoms with van der Waals surface area (Å²) in [7, 11) is 0. The molecule has 0 bridgehead atoms. The average Bonchev–Trinajstić information content (AvgIpc) is 2.17. The maximum atomic E-state index is 10.7. The highest BCUT2D eigenvalue weighted by molar-refractivity contribution is 6.26. The van der Waals surface area contributed by atoms with E-state index in [1.807, 2.05) is 0 Å². The van der Waals surface area contributed by atoms with E-state index in [0.29, 0.717) is 6.42 Å². The van der Waals surface area contributed by atoms with Gasteiger partial charge in [0.1, 0.15) is 17.9 Å². The number of carbonyl (C=O) groups is 2. The molecule has 0 spiro atoms. The van der Waals surface area contributed by atoms with Crippen LogP contribution in [0.5, 0.6) is 0 Å². The lowest BCUT2D eigenvalue weighted by molar-refractivity contribution is -0.147. The number of rotatable bonds is 6. The molecule has 0 aliphatic carbocycles. The van der Waals surface area contributed by atoms with Crippen LogP contribution in [0, 0.1) is 0 Å². The standard InChI is InChI=1S/C8H12Cl2O4/c1-6(14-8(12)5-10)2-3-13-7(11)4-9/h6H,2-5H2,1H3/t6-/m0/s1. The van der Waals surface area contributed by atoms with E-state index >= 15 is 0 Å². The summed E-state index contributed by atoms with van der Waals surface area (Å²) < 4.78 is 9.50. The second-order valence-corrected chi connectivity index (χ2v) is 3.11. The number of carbonyl (C=O) groups excluding carboxylic acids is 2. The second kappa shape index (κ2) is 7.88. The van der Waals surface area contributed by atoms with E-state index < -0.39 is 11.9 Å². The lowest BCUT2D eigenvalue weighted by Crippen LogP contribution is -2.18. The normalized spacial score (nSPS) is 11.9. The average molecular weight is 243 g/mol. The Morgan fingerprint density at radius 3 is 2.29 bits per heavy atom. The van der Waals surface area contributed by atoms with E-state index in [0.717, 1.165) is 0 Å². The number of halogens is 2. The third-order valence-corrected chi connectivity index (χ3v) is 1.77. The SMILES string of the molecule is C[C@@H](CCOC(=O)CCl)OC(=O)CCl. The van der Waals surface area contributed by atoms with Gasteiger partial charge in [0.15, 0.2) is 0 Å². The molecule has 0 aromatic carbocycles. The van der Waals surface area contributed by atoms with Crippen LogP contribution in [-0.4, -0.2) is 36.4 Å². The highest BCUT2D eigenvalue weighted by Gasteiger charge is 2.09. The quantitative estimate of drug-likeness (QED) is 0.521. The van der Waals surface area contributed by atoms with E-state index in [4.69, 9.17) is 27.9 Å². The molecule has 0 fully saturated rings. The Labute approximate surface area is 92.5 Å². The van der Waals surface area contributed by atoms with Crippen LogP contribution in [0.2, 0.25) is 0 Å².